The molecule has 0 unspecified atom stereocenters. The van der Waals surface area contributed by atoms with Crippen LogP contribution in [-0.2, 0) is 0 Å². The summed E-state index contributed by atoms with van der Waals surface area (Å²) in [5.74, 6) is 0. The lowest BCUT2D eigenvalue weighted by molar-refractivity contribution is 0.418. The van der Waals surface area contributed by atoms with E-state index in [4.69, 9.17) is 0 Å². The van der Waals surface area contributed by atoms with E-state index in [0.29, 0.717) is 0 Å². The molecule has 30 heavy (non-hydrogen) atoms. The number of hydrogen-bond donors (Lipinski definition) is 0. The van der Waals surface area contributed by atoms with Gasteiger partial charge >= 0.3 is 0 Å². The first-order valence-electron chi connectivity index (χ1n) is 10.9. The van der Waals surface area contributed by atoms with Gasteiger partial charge in [0.15, 0.2) is 0 Å². The van der Waals surface area contributed by atoms with Crippen LogP contribution in [0.3, 0.4) is 0 Å². The summed E-state index contributed by atoms with van der Waals surface area (Å²) in [7, 11) is 2.17. The van der Waals surface area contributed by atoms with E-state index in [1.165, 1.54) is 59.0 Å². The minimum absolute atomic E-state index is 1.28. The highest BCUT2D eigenvalue weighted by atomic mass is 15.1. The zero-order chi connectivity index (χ0) is 21.2. The van der Waals surface area contributed by atoms with Crippen molar-refractivity contribution in [3.8, 4) is 11.1 Å². The van der Waals surface area contributed by atoms with Crippen LogP contribution in [0.4, 0.5) is 0 Å². The van der Waals surface area contributed by atoms with Gasteiger partial charge in [-0.1, -0.05) is 108 Å². The first kappa shape index (κ1) is 21.8. The molecule has 0 atom stereocenters. The molecule has 0 amide bonds. The third-order valence-corrected chi connectivity index (χ3v) is 5.39. The fourth-order valence-electron chi connectivity index (χ4n) is 3.56. The highest BCUT2D eigenvalue weighted by Gasteiger charge is 2.03. The van der Waals surface area contributed by atoms with Gasteiger partial charge in [0.25, 0.3) is 0 Å². The summed E-state index contributed by atoms with van der Waals surface area (Å²) in [4.78, 5) is 2.36. The average molecular weight is 396 g/mol. The lowest BCUT2D eigenvalue weighted by atomic mass is 10.0. The molecule has 1 heterocycles. The topological polar surface area (TPSA) is 3.24 Å². The molecule has 1 aliphatic heterocycles. The van der Waals surface area contributed by atoms with Crippen LogP contribution in [0, 0.1) is 13.8 Å². The normalized spacial score (nSPS) is 13.2. The second-order valence-electron chi connectivity index (χ2n) is 8.09. The van der Waals surface area contributed by atoms with Crippen LogP contribution in [-0.4, -0.2) is 25.0 Å². The van der Waals surface area contributed by atoms with E-state index < -0.39 is 0 Å². The van der Waals surface area contributed by atoms with Gasteiger partial charge in [0.1, 0.15) is 0 Å². The van der Waals surface area contributed by atoms with Crippen molar-refractivity contribution in [2.24, 2.45) is 0 Å². The SMILES string of the molecule is CN1CCCC1.Cc1ccc(-c2ccccc2)cc1.Cc1ccc2ccccc2c1. The van der Waals surface area contributed by atoms with Gasteiger partial charge in [0.2, 0.25) is 0 Å². The van der Waals surface area contributed by atoms with Crippen LogP contribution in [0.5, 0.6) is 0 Å². The standard InChI is InChI=1S/C13H12.C11H10.C5H11N/c1-11-7-9-13(10-8-11)12-5-3-2-4-6-12;1-9-6-7-10-4-2-3-5-11(10)8-9;1-6-4-2-3-5-6/h2-10H,1H3;2-8H,1H3;2-5H2,1H3. The van der Waals surface area contributed by atoms with Crippen LogP contribution in [0.2, 0.25) is 0 Å². The molecule has 1 heteroatoms. The summed E-state index contributed by atoms with van der Waals surface area (Å²) in [5, 5.41) is 2.64. The van der Waals surface area contributed by atoms with E-state index >= 15 is 0 Å². The summed E-state index contributed by atoms with van der Waals surface area (Å²) in [5.41, 5.74) is 5.19. The second-order valence-corrected chi connectivity index (χ2v) is 8.09. The first-order valence-corrected chi connectivity index (χ1v) is 10.9. The van der Waals surface area contributed by atoms with Gasteiger partial charge in [-0.2, -0.15) is 0 Å². The lowest BCUT2D eigenvalue weighted by Crippen LogP contribution is -2.10. The van der Waals surface area contributed by atoms with Crippen LogP contribution < -0.4 is 0 Å². The highest BCUT2D eigenvalue weighted by molar-refractivity contribution is 5.82. The highest BCUT2D eigenvalue weighted by Crippen LogP contribution is 2.18. The predicted molar refractivity (Wildman–Crippen MR) is 132 cm³/mol. The monoisotopic (exact) mass is 395 g/mol. The Morgan fingerprint density at radius 3 is 1.67 bits per heavy atom. The van der Waals surface area contributed by atoms with Crippen LogP contribution in [0.1, 0.15) is 24.0 Å². The minimum atomic E-state index is 1.28. The number of rotatable bonds is 1. The molecule has 154 valence electrons. The second kappa shape index (κ2) is 11.3. The predicted octanol–water partition coefficient (Wildman–Crippen LogP) is 7.52. The number of benzene rings is 4. The molecule has 0 bridgehead atoms. The lowest BCUT2D eigenvalue weighted by Gasteiger charge is -2.01. The fourth-order valence-corrected chi connectivity index (χ4v) is 3.56. The Morgan fingerprint density at radius 2 is 1.07 bits per heavy atom. The van der Waals surface area contributed by atoms with Crippen molar-refractivity contribution < 1.29 is 0 Å². The maximum atomic E-state index is 2.36. The van der Waals surface area contributed by atoms with Gasteiger partial charge in [-0.3, -0.25) is 0 Å². The Hall–Kier alpha value is -2.90. The largest absolute Gasteiger partial charge is 0.306 e. The molecule has 1 aliphatic rings. The Morgan fingerprint density at radius 1 is 0.533 bits per heavy atom. The van der Waals surface area contributed by atoms with Crippen molar-refractivity contribution >= 4 is 10.8 Å². The Balaban J connectivity index is 0.000000136. The zero-order valence-electron chi connectivity index (χ0n) is 18.5. The van der Waals surface area contributed by atoms with Gasteiger partial charge in [0, 0.05) is 0 Å². The van der Waals surface area contributed by atoms with Crippen molar-refractivity contribution in [2.75, 3.05) is 20.1 Å². The third kappa shape index (κ3) is 6.86. The van der Waals surface area contributed by atoms with Gasteiger partial charge < -0.3 is 4.90 Å². The Kier molecular flexibility index (Phi) is 8.23. The minimum Gasteiger partial charge on any atom is -0.306 e. The quantitative estimate of drug-likeness (QED) is 0.322. The van der Waals surface area contributed by atoms with Gasteiger partial charge in [-0.05, 0) is 68.7 Å². The van der Waals surface area contributed by atoms with E-state index in [2.05, 4.69) is 117 Å². The maximum absolute atomic E-state index is 2.36. The maximum Gasteiger partial charge on any atom is -0.00213 e. The van der Waals surface area contributed by atoms with E-state index in [1.54, 1.807) is 0 Å². The molecule has 1 nitrogen and oxygen atoms in total. The number of likely N-dealkylation sites (tertiary alicyclic amines) is 1. The molecule has 0 aliphatic carbocycles. The van der Waals surface area contributed by atoms with E-state index in [9.17, 15) is 0 Å². The molecule has 4 aromatic carbocycles. The first-order chi connectivity index (χ1) is 14.6. The van der Waals surface area contributed by atoms with E-state index in [-0.39, 0.29) is 0 Å². The smallest absolute Gasteiger partial charge is 0.00213 e. The Bertz CT molecular complexity index is 1010. The third-order valence-electron chi connectivity index (χ3n) is 5.39. The fraction of sp³-hybridized carbons (Fsp3) is 0.241. The molecule has 0 radical (unpaired) electrons. The van der Waals surface area contributed by atoms with Crippen molar-refractivity contribution in [1.82, 2.24) is 4.90 Å². The van der Waals surface area contributed by atoms with Crippen molar-refractivity contribution in [1.29, 1.82) is 0 Å². The summed E-state index contributed by atoms with van der Waals surface area (Å²) in [6.07, 6.45) is 2.83. The molecule has 5 rings (SSSR count). The van der Waals surface area contributed by atoms with Crippen molar-refractivity contribution in [2.45, 2.75) is 26.7 Å². The van der Waals surface area contributed by atoms with Crippen molar-refractivity contribution in [3.05, 3.63) is 108 Å². The van der Waals surface area contributed by atoms with Crippen LogP contribution >= 0.6 is 0 Å². The molecule has 1 saturated heterocycles. The zero-order valence-corrected chi connectivity index (χ0v) is 18.5. The molecule has 4 aromatic rings. The van der Waals surface area contributed by atoms with E-state index in [1.807, 2.05) is 6.07 Å². The Labute approximate surface area is 182 Å². The molecule has 0 aromatic heterocycles. The number of nitrogens with zero attached hydrogens (tertiary/aromatic N) is 1. The van der Waals surface area contributed by atoms with Gasteiger partial charge in [-0.25, -0.2) is 0 Å². The number of fused-ring (bicyclic) bond motifs is 1. The molecule has 1 fully saturated rings. The van der Waals surface area contributed by atoms with Gasteiger partial charge in [-0.15, -0.1) is 0 Å². The summed E-state index contributed by atoms with van der Waals surface area (Å²) in [6, 6.07) is 33.9. The van der Waals surface area contributed by atoms with Crippen molar-refractivity contribution in [3.63, 3.8) is 0 Å². The van der Waals surface area contributed by atoms with Gasteiger partial charge in [0.05, 0.1) is 0 Å². The molecule has 0 spiro atoms. The van der Waals surface area contributed by atoms with Crippen LogP contribution in [0.15, 0.2) is 97.1 Å². The average Bonchev–Trinajstić information content (AvgIpc) is 3.27. The summed E-state index contributed by atoms with van der Waals surface area (Å²) < 4.78 is 0. The number of aryl methyl sites for hydroxylation is 2. The molecule has 0 saturated carbocycles. The summed E-state index contributed by atoms with van der Waals surface area (Å²) >= 11 is 0. The van der Waals surface area contributed by atoms with Crippen LogP contribution in [0.25, 0.3) is 21.9 Å². The summed E-state index contributed by atoms with van der Waals surface area (Å²) in [6.45, 7) is 6.86. The molecular weight excluding hydrogens is 362 g/mol. The van der Waals surface area contributed by atoms with E-state index in [0.717, 1.165) is 0 Å². The number of hydrogen-bond acceptors (Lipinski definition) is 1. The molecule has 0 N–H and O–H groups in total. The molecular formula is C29H33N.